The summed E-state index contributed by atoms with van der Waals surface area (Å²) in [6.45, 7) is 4.26. The van der Waals surface area contributed by atoms with Gasteiger partial charge in [0, 0.05) is 39.1 Å². The van der Waals surface area contributed by atoms with Crippen molar-refractivity contribution in [2.75, 3.05) is 33.8 Å². The second kappa shape index (κ2) is 12.2. The summed E-state index contributed by atoms with van der Waals surface area (Å²) in [4.78, 5) is 25.7. The lowest BCUT2D eigenvalue weighted by atomic mass is 10.2. The lowest BCUT2D eigenvalue weighted by Gasteiger charge is -2.26. The molecule has 0 unspecified atom stereocenters. The molecule has 0 saturated carbocycles. The molecule has 0 aliphatic heterocycles. The highest BCUT2D eigenvalue weighted by Gasteiger charge is 2.11. The Kier molecular flexibility index (Phi) is 8.72. The molecule has 1 N–H and O–H groups in total. The molecule has 12 heteroatoms. The molecule has 0 radical (unpaired) electrons. The van der Waals surface area contributed by atoms with Crippen LogP contribution in [-0.2, 0) is 6.54 Å². The standard InChI is InChI=1S/C25H28ClN7O3S/c1-4-30(2)31(3)14-15-36-21-6-5-13-32(25(21)35)19-7-9-20(10-8-19)33-17-18(28-29-33)16-27-24(34)22-11-12-23(26)37-22/h5-13,17H,4,14-16H2,1-3H3,(H,27,34). The number of ether oxygens (including phenoxy) is 1. The number of pyridine rings is 1. The first kappa shape index (κ1) is 26.6. The summed E-state index contributed by atoms with van der Waals surface area (Å²) in [6.07, 6.45) is 3.45. The van der Waals surface area contributed by atoms with Crippen LogP contribution in [0.4, 0.5) is 0 Å². The highest BCUT2D eigenvalue weighted by molar-refractivity contribution is 7.17. The Bertz CT molecular complexity index is 1400. The van der Waals surface area contributed by atoms with Crippen LogP contribution in [0, 0.1) is 0 Å². The average molecular weight is 542 g/mol. The molecule has 0 aliphatic rings. The van der Waals surface area contributed by atoms with Crippen LogP contribution < -0.4 is 15.6 Å². The molecule has 10 nitrogen and oxygen atoms in total. The van der Waals surface area contributed by atoms with Crippen molar-refractivity contribution in [2.45, 2.75) is 13.5 Å². The van der Waals surface area contributed by atoms with E-state index in [1.165, 1.54) is 11.3 Å². The molecule has 194 valence electrons. The van der Waals surface area contributed by atoms with Crippen LogP contribution in [0.2, 0.25) is 4.34 Å². The van der Waals surface area contributed by atoms with Gasteiger partial charge in [-0.1, -0.05) is 23.7 Å². The van der Waals surface area contributed by atoms with Crippen LogP contribution in [-0.4, -0.2) is 69.3 Å². The van der Waals surface area contributed by atoms with Gasteiger partial charge in [-0.2, -0.15) is 0 Å². The van der Waals surface area contributed by atoms with E-state index in [0.29, 0.717) is 39.5 Å². The van der Waals surface area contributed by atoms with E-state index in [4.69, 9.17) is 16.3 Å². The fourth-order valence-electron chi connectivity index (χ4n) is 3.45. The SMILES string of the molecule is CCN(C)N(C)CCOc1cccn(-c2ccc(-n3cc(CNC(=O)c4ccc(Cl)s4)nn3)cc2)c1=O. The van der Waals surface area contributed by atoms with Crippen LogP contribution in [0.3, 0.4) is 0 Å². The van der Waals surface area contributed by atoms with E-state index >= 15 is 0 Å². The van der Waals surface area contributed by atoms with Gasteiger partial charge in [0.15, 0.2) is 5.75 Å². The van der Waals surface area contributed by atoms with Crippen molar-refractivity contribution in [1.29, 1.82) is 0 Å². The fourth-order valence-corrected chi connectivity index (χ4v) is 4.41. The third-order valence-corrected chi connectivity index (χ3v) is 7.02. The average Bonchev–Trinajstić information content (AvgIpc) is 3.57. The summed E-state index contributed by atoms with van der Waals surface area (Å²) in [6, 6.07) is 14.2. The Balaban J connectivity index is 1.38. The van der Waals surface area contributed by atoms with E-state index in [1.54, 1.807) is 45.9 Å². The highest BCUT2D eigenvalue weighted by Crippen LogP contribution is 2.21. The number of hydrogen-bond acceptors (Lipinski definition) is 8. The molecule has 4 aromatic rings. The van der Waals surface area contributed by atoms with Gasteiger partial charge in [0.25, 0.3) is 11.5 Å². The number of benzene rings is 1. The fraction of sp³-hybridized carbons (Fsp3) is 0.280. The number of nitrogens with one attached hydrogen (secondary N) is 1. The van der Waals surface area contributed by atoms with Gasteiger partial charge < -0.3 is 10.1 Å². The normalized spacial score (nSPS) is 11.3. The number of hydrogen-bond donors (Lipinski definition) is 1. The van der Waals surface area contributed by atoms with E-state index in [1.807, 2.05) is 43.4 Å². The maximum absolute atomic E-state index is 13.0. The zero-order chi connectivity index (χ0) is 26.4. The van der Waals surface area contributed by atoms with Crippen molar-refractivity contribution in [3.8, 4) is 17.1 Å². The predicted octanol–water partition coefficient (Wildman–Crippen LogP) is 3.24. The van der Waals surface area contributed by atoms with E-state index < -0.39 is 0 Å². The molecule has 0 atom stereocenters. The van der Waals surface area contributed by atoms with Gasteiger partial charge in [-0.25, -0.2) is 14.7 Å². The topological polar surface area (TPSA) is 97.5 Å². The zero-order valence-corrected chi connectivity index (χ0v) is 22.4. The molecule has 3 aromatic heterocycles. The number of halogens is 1. The third kappa shape index (κ3) is 6.63. The lowest BCUT2D eigenvalue weighted by molar-refractivity contribution is 0.0210. The van der Waals surface area contributed by atoms with E-state index in [-0.39, 0.29) is 18.0 Å². The number of thiophene rings is 1. The minimum atomic E-state index is -0.229. The summed E-state index contributed by atoms with van der Waals surface area (Å²) in [5.41, 5.74) is 1.84. The van der Waals surface area contributed by atoms with Crippen LogP contribution in [0.15, 0.2) is 65.7 Å². The van der Waals surface area contributed by atoms with Gasteiger partial charge in [0.2, 0.25) is 0 Å². The number of hydrazine groups is 1. The lowest BCUT2D eigenvalue weighted by Crippen LogP contribution is -2.39. The minimum Gasteiger partial charge on any atom is -0.486 e. The van der Waals surface area contributed by atoms with Gasteiger partial charge in [-0.15, -0.1) is 16.4 Å². The second-order valence-corrected chi connectivity index (χ2v) is 9.92. The van der Waals surface area contributed by atoms with Crippen molar-refractivity contribution in [2.24, 2.45) is 0 Å². The molecule has 0 fully saturated rings. The maximum Gasteiger partial charge on any atom is 0.297 e. The van der Waals surface area contributed by atoms with Crippen LogP contribution in [0.25, 0.3) is 11.4 Å². The first-order chi connectivity index (χ1) is 17.9. The Morgan fingerprint density at radius 2 is 1.86 bits per heavy atom. The van der Waals surface area contributed by atoms with E-state index in [2.05, 4.69) is 27.6 Å². The Hall–Kier alpha value is -3.51. The van der Waals surface area contributed by atoms with Gasteiger partial charge in [0.1, 0.15) is 12.3 Å². The van der Waals surface area contributed by atoms with Crippen LogP contribution >= 0.6 is 22.9 Å². The maximum atomic E-state index is 13.0. The van der Waals surface area contributed by atoms with E-state index in [9.17, 15) is 9.59 Å². The van der Waals surface area contributed by atoms with Crippen molar-refractivity contribution in [3.05, 3.63) is 86.2 Å². The van der Waals surface area contributed by atoms with E-state index in [0.717, 1.165) is 12.2 Å². The predicted molar refractivity (Wildman–Crippen MR) is 144 cm³/mol. The molecule has 0 spiro atoms. The molecule has 3 heterocycles. The molecule has 0 aliphatic carbocycles. The number of aromatic nitrogens is 4. The molecule has 0 bridgehead atoms. The van der Waals surface area contributed by atoms with Gasteiger partial charge in [0.05, 0.1) is 27.6 Å². The van der Waals surface area contributed by atoms with Crippen molar-refractivity contribution in [1.82, 2.24) is 34.9 Å². The van der Waals surface area contributed by atoms with Gasteiger partial charge in [-0.3, -0.25) is 14.2 Å². The van der Waals surface area contributed by atoms with Crippen molar-refractivity contribution >= 4 is 28.8 Å². The highest BCUT2D eigenvalue weighted by atomic mass is 35.5. The monoisotopic (exact) mass is 541 g/mol. The van der Waals surface area contributed by atoms with Crippen molar-refractivity contribution < 1.29 is 9.53 Å². The third-order valence-electron chi connectivity index (χ3n) is 5.79. The zero-order valence-electron chi connectivity index (χ0n) is 20.8. The van der Waals surface area contributed by atoms with Gasteiger partial charge in [-0.05, 0) is 48.5 Å². The summed E-state index contributed by atoms with van der Waals surface area (Å²) in [5, 5.41) is 15.2. The Morgan fingerprint density at radius 3 is 2.57 bits per heavy atom. The number of carbonyl (C=O) groups is 1. The van der Waals surface area contributed by atoms with Crippen LogP contribution in [0.1, 0.15) is 22.3 Å². The number of amides is 1. The van der Waals surface area contributed by atoms with Gasteiger partial charge >= 0.3 is 0 Å². The molecule has 37 heavy (non-hydrogen) atoms. The smallest absolute Gasteiger partial charge is 0.297 e. The summed E-state index contributed by atoms with van der Waals surface area (Å²) >= 11 is 7.11. The molecule has 0 saturated heterocycles. The number of nitrogens with zero attached hydrogens (tertiary/aromatic N) is 6. The minimum absolute atomic E-state index is 0.215. The molecular formula is C25H28ClN7O3S. The van der Waals surface area contributed by atoms with Crippen molar-refractivity contribution in [3.63, 3.8) is 0 Å². The largest absolute Gasteiger partial charge is 0.486 e. The molecule has 1 aromatic carbocycles. The van der Waals surface area contributed by atoms with Crippen LogP contribution in [0.5, 0.6) is 5.75 Å². The molecular weight excluding hydrogens is 514 g/mol. The quantitative estimate of drug-likeness (QED) is 0.291. The Morgan fingerprint density at radius 1 is 1.11 bits per heavy atom. The molecule has 1 amide bonds. The second-order valence-electron chi connectivity index (χ2n) is 8.21. The first-order valence-electron chi connectivity index (χ1n) is 11.7. The number of likely N-dealkylation sites (N-methyl/N-ethyl adjacent to an activating group) is 1. The summed E-state index contributed by atoms with van der Waals surface area (Å²) in [7, 11) is 3.98. The number of rotatable bonds is 11. The number of carbonyl (C=O) groups excluding carboxylic acids is 1. The first-order valence-corrected chi connectivity index (χ1v) is 12.9. The molecule has 4 rings (SSSR count). The Labute approximate surface area is 223 Å². The summed E-state index contributed by atoms with van der Waals surface area (Å²) in [5.74, 6) is 0.0830. The summed E-state index contributed by atoms with van der Waals surface area (Å²) < 4.78 is 9.48.